The predicted octanol–water partition coefficient (Wildman–Crippen LogP) is -5.39. The van der Waals surface area contributed by atoms with Crippen molar-refractivity contribution >= 4 is 13.9 Å². The Kier molecular flexibility index (Phi) is 6.23. The molecule has 0 aliphatic carbocycles. The highest BCUT2D eigenvalue weighted by molar-refractivity contribution is 7.55. The third kappa shape index (κ3) is 5.64. The van der Waals surface area contributed by atoms with Gasteiger partial charge in [-0.15, -0.1) is 0 Å². The number of nitrogens with one attached hydrogen (secondary N) is 1. The van der Waals surface area contributed by atoms with Crippen LogP contribution in [-0.4, -0.2) is 62.4 Å². The number of hydrogen-bond acceptors (Lipinski definition) is 8. The molecule has 0 aromatic rings. The van der Waals surface area contributed by atoms with Crippen molar-refractivity contribution in [2.45, 2.75) is 18.3 Å². The average molecular weight is 258 g/mol. The Morgan fingerprint density at radius 1 is 1.31 bits per heavy atom. The fourth-order valence-electron chi connectivity index (χ4n) is 0.756. The van der Waals surface area contributed by atoms with E-state index in [1.165, 1.54) is 0 Å². The van der Waals surface area contributed by atoms with Crippen molar-refractivity contribution in [1.82, 2.24) is 5.32 Å². The highest BCUT2D eigenvalue weighted by atomic mass is 31.2. The molecule has 0 unspecified atom stereocenters. The van der Waals surface area contributed by atoms with Gasteiger partial charge in [0.2, 0.25) is 0 Å². The van der Waals surface area contributed by atoms with Crippen LogP contribution in [0.2, 0.25) is 0 Å². The topological polar surface area (TPSA) is 176 Å². The van der Waals surface area contributed by atoms with E-state index in [2.05, 4.69) is 0 Å². The second-order valence-electron chi connectivity index (χ2n) is 3.02. The Morgan fingerprint density at radius 2 is 1.81 bits per heavy atom. The minimum atomic E-state index is -4.71. The largest absolute Gasteiger partial charge is 0.658 e. The third-order valence-electron chi connectivity index (χ3n) is 1.63. The van der Waals surface area contributed by atoms with Gasteiger partial charge in [0.25, 0.3) is 5.91 Å². The van der Waals surface area contributed by atoms with Gasteiger partial charge >= 0.3 is 0 Å². The minimum Gasteiger partial charge on any atom is -0.658 e. The summed E-state index contributed by atoms with van der Waals surface area (Å²) in [5.74, 6) is -1.30. The SMILES string of the molecule is O=C(NC[P+]([O-])([O-])O)[C@@H](O)[C@H](O)[C@H](O)CO. The molecule has 16 heavy (non-hydrogen) atoms. The van der Waals surface area contributed by atoms with Crippen LogP contribution in [0.15, 0.2) is 0 Å². The van der Waals surface area contributed by atoms with Gasteiger partial charge in [-0.05, 0) is 0 Å². The predicted molar refractivity (Wildman–Crippen MR) is 47.3 cm³/mol. The van der Waals surface area contributed by atoms with Crippen LogP contribution in [0.1, 0.15) is 0 Å². The summed E-state index contributed by atoms with van der Waals surface area (Å²) in [5, 5.41) is 37.0. The van der Waals surface area contributed by atoms with E-state index in [0.717, 1.165) is 0 Å². The standard InChI is InChI=1S/C6H14NO8P/c8-1-3(9)4(10)5(11)6(12)7-2-16(13,14)15/h3-5,8-11H,1-2H2,(H,7,12)(H2,13,14,15)/p-1/t3-,4-,5+/m1/s1. The van der Waals surface area contributed by atoms with E-state index in [1.54, 1.807) is 5.32 Å². The molecule has 0 spiro atoms. The molecule has 96 valence electrons. The van der Waals surface area contributed by atoms with E-state index in [0.29, 0.717) is 0 Å². The molecule has 0 saturated heterocycles. The second-order valence-corrected chi connectivity index (χ2v) is 4.61. The van der Waals surface area contributed by atoms with Gasteiger partial charge in [0, 0.05) is 0 Å². The van der Waals surface area contributed by atoms with Crippen LogP contribution in [0, 0.1) is 0 Å². The third-order valence-corrected chi connectivity index (χ3v) is 2.18. The summed E-state index contributed by atoms with van der Waals surface area (Å²) in [6.45, 7) is -0.883. The summed E-state index contributed by atoms with van der Waals surface area (Å²) in [4.78, 5) is 39.8. The molecule has 6 N–H and O–H groups in total. The summed E-state index contributed by atoms with van der Waals surface area (Å²) in [5.41, 5.74) is 0. The highest BCUT2D eigenvalue weighted by Gasteiger charge is 2.30. The molecule has 0 aromatic heterocycles. The fourth-order valence-corrected chi connectivity index (χ4v) is 1.11. The average Bonchev–Trinajstić information content (AvgIpc) is 2.21. The summed E-state index contributed by atoms with van der Waals surface area (Å²) in [6, 6.07) is 0. The van der Waals surface area contributed by atoms with Gasteiger partial charge < -0.3 is 35.5 Å². The Morgan fingerprint density at radius 3 is 2.19 bits per heavy atom. The molecule has 9 nitrogen and oxygen atoms in total. The zero-order chi connectivity index (χ0) is 12.9. The lowest BCUT2D eigenvalue weighted by Gasteiger charge is -2.28. The van der Waals surface area contributed by atoms with E-state index >= 15 is 0 Å². The van der Waals surface area contributed by atoms with Crippen molar-refractivity contribution in [2.75, 3.05) is 12.9 Å². The Hall–Kier alpha value is -0.380. The van der Waals surface area contributed by atoms with Crippen molar-refractivity contribution in [3.8, 4) is 0 Å². The normalized spacial score (nSPS) is 17.7. The molecule has 0 rings (SSSR count). The highest BCUT2D eigenvalue weighted by Crippen LogP contribution is 2.30. The Labute approximate surface area is 91.2 Å². The molecule has 10 heteroatoms. The lowest BCUT2D eigenvalue weighted by molar-refractivity contribution is -0.331. The lowest BCUT2D eigenvalue weighted by atomic mass is 10.1. The molecular formula is C6H13NO8P-. The molecule has 0 fully saturated rings. The van der Waals surface area contributed by atoms with Crippen molar-refractivity contribution in [2.24, 2.45) is 0 Å². The molecule has 0 aliphatic heterocycles. The summed E-state index contributed by atoms with van der Waals surface area (Å²) < 4.78 is 0. The maximum absolute atomic E-state index is 11.0. The van der Waals surface area contributed by atoms with E-state index in [-0.39, 0.29) is 0 Å². The number of hydrogen-bond donors (Lipinski definition) is 6. The van der Waals surface area contributed by atoms with Gasteiger partial charge in [-0.2, -0.15) is 0 Å². The number of aliphatic hydroxyl groups excluding tert-OH is 4. The molecule has 0 aliphatic rings. The van der Waals surface area contributed by atoms with Gasteiger partial charge in [0.05, 0.1) is 14.6 Å². The number of carbonyl (C=O) groups excluding carboxylic acids is 1. The van der Waals surface area contributed by atoms with Gasteiger partial charge in [0.15, 0.2) is 6.10 Å². The number of rotatable bonds is 6. The molecular weight excluding hydrogens is 245 g/mol. The molecule has 0 saturated carbocycles. The van der Waals surface area contributed by atoms with Gasteiger partial charge in [-0.25, -0.2) is 0 Å². The first-order chi connectivity index (χ1) is 7.19. The quantitative estimate of drug-likeness (QED) is 0.256. The second kappa shape index (κ2) is 6.38. The first-order valence-corrected chi connectivity index (χ1v) is 5.91. The zero-order valence-electron chi connectivity index (χ0n) is 8.05. The smallest absolute Gasteiger partial charge is 0.254 e. The Bertz CT molecular complexity index is 231. The number of aliphatic hydroxyl groups is 4. The van der Waals surface area contributed by atoms with Crippen molar-refractivity contribution in [1.29, 1.82) is 0 Å². The lowest BCUT2D eigenvalue weighted by Crippen LogP contribution is -2.49. The molecule has 0 radical (unpaired) electrons. The fraction of sp³-hybridized carbons (Fsp3) is 0.833. The van der Waals surface area contributed by atoms with Gasteiger partial charge in [-0.3, -0.25) is 9.69 Å². The summed E-state index contributed by atoms with van der Waals surface area (Å²) >= 11 is 0. The van der Waals surface area contributed by atoms with Gasteiger partial charge in [0.1, 0.15) is 18.5 Å². The first kappa shape index (κ1) is 15.6. The van der Waals surface area contributed by atoms with Crippen LogP contribution < -0.4 is 15.1 Å². The summed E-state index contributed by atoms with van der Waals surface area (Å²) in [7, 11) is -4.71. The van der Waals surface area contributed by atoms with Crippen LogP contribution in [0.4, 0.5) is 0 Å². The van der Waals surface area contributed by atoms with Crippen LogP contribution in [0.3, 0.4) is 0 Å². The van der Waals surface area contributed by atoms with Crippen LogP contribution >= 0.6 is 7.94 Å². The van der Waals surface area contributed by atoms with E-state index < -0.39 is 45.1 Å². The summed E-state index contributed by atoms with van der Waals surface area (Å²) in [6.07, 6.45) is -6.93. The van der Waals surface area contributed by atoms with Crippen LogP contribution in [0.25, 0.3) is 0 Å². The van der Waals surface area contributed by atoms with Crippen molar-refractivity contribution in [3.05, 3.63) is 0 Å². The molecule has 3 atom stereocenters. The maximum atomic E-state index is 11.0. The molecule has 0 heterocycles. The first-order valence-electron chi connectivity index (χ1n) is 4.14. The van der Waals surface area contributed by atoms with E-state index in [9.17, 15) is 14.6 Å². The number of amides is 1. The molecule has 0 aromatic carbocycles. The van der Waals surface area contributed by atoms with Gasteiger partial charge in [-0.1, -0.05) is 0 Å². The van der Waals surface area contributed by atoms with Crippen molar-refractivity contribution in [3.63, 3.8) is 0 Å². The number of carbonyl (C=O) groups is 1. The monoisotopic (exact) mass is 258 g/mol. The molecule has 1 amide bonds. The Balaban J connectivity index is 4.18. The van der Waals surface area contributed by atoms with Crippen molar-refractivity contribution < 1.29 is 39.9 Å². The van der Waals surface area contributed by atoms with Crippen LogP contribution in [0.5, 0.6) is 0 Å². The zero-order valence-corrected chi connectivity index (χ0v) is 8.95. The van der Waals surface area contributed by atoms with Crippen LogP contribution in [-0.2, 0) is 4.79 Å². The van der Waals surface area contributed by atoms with E-state index in [1.807, 2.05) is 0 Å². The molecule has 0 bridgehead atoms. The van der Waals surface area contributed by atoms with E-state index in [4.69, 9.17) is 25.3 Å². The minimum absolute atomic E-state index is 0.883. The maximum Gasteiger partial charge on any atom is 0.254 e.